The van der Waals surface area contributed by atoms with Crippen molar-refractivity contribution >= 4 is 5.96 Å². The minimum Gasteiger partial charge on any atom is -0.379 e. The summed E-state index contributed by atoms with van der Waals surface area (Å²) in [5.74, 6) is 0.597. The van der Waals surface area contributed by atoms with E-state index in [0.717, 1.165) is 58.8 Å². The smallest absolute Gasteiger partial charge is 0.188 e. The lowest BCUT2D eigenvalue weighted by Crippen LogP contribution is -2.40. The maximum absolute atomic E-state index is 5.98. The van der Waals surface area contributed by atoms with Crippen LogP contribution in [-0.4, -0.2) is 80.8 Å². The molecule has 0 aromatic rings. The molecule has 2 fully saturated rings. The monoisotopic (exact) mass is 311 g/mol. The van der Waals surface area contributed by atoms with Gasteiger partial charge in [0.05, 0.1) is 19.8 Å². The Morgan fingerprint density at radius 3 is 2.64 bits per heavy atom. The van der Waals surface area contributed by atoms with E-state index in [1.165, 1.54) is 25.9 Å². The molecule has 0 bridgehead atoms. The Bertz CT molecular complexity index is 324. The number of hydrogen-bond donors (Lipinski definition) is 2. The van der Waals surface area contributed by atoms with Gasteiger partial charge in [-0.15, -0.1) is 0 Å². The number of likely N-dealkylation sites (tertiary alicyclic amines) is 1. The van der Waals surface area contributed by atoms with Crippen molar-refractivity contribution in [2.45, 2.75) is 38.6 Å². The van der Waals surface area contributed by atoms with Gasteiger partial charge in [-0.3, -0.25) is 14.8 Å². The molecule has 2 aliphatic heterocycles. The van der Waals surface area contributed by atoms with Gasteiger partial charge in [-0.2, -0.15) is 0 Å². The van der Waals surface area contributed by atoms with Crippen LogP contribution in [0, 0.1) is 0 Å². The average molecular weight is 311 g/mol. The number of aliphatic imine (C=N–C) groups is 1. The maximum Gasteiger partial charge on any atom is 0.188 e. The number of rotatable bonds is 8. The molecule has 0 aliphatic carbocycles. The van der Waals surface area contributed by atoms with Crippen LogP contribution in [0.25, 0.3) is 0 Å². The lowest BCUT2D eigenvalue weighted by atomic mass is 10.2. The summed E-state index contributed by atoms with van der Waals surface area (Å²) in [7, 11) is 0. The van der Waals surface area contributed by atoms with Crippen molar-refractivity contribution < 1.29 is 4.74 Å². The molecule has 2 aliphatic rings. The van der Waals surface area contributed by atoms with Crippen LogP contribution in [0.1, 0.15) is 32.6 Å². The molecule has 1 atom stereocenters. The molecule has 0 aromatic heterocycles. The molecule has 0 saturated carbocycles. The van der Waals surface area contributed by atoms with Crippen LogP contribution in [0.15, 0.2) is 4.99 Å². The fourth-order valence-electron chi connectivity index (χ4n) is 3.21. The van der Waals surface area contributed by atoms with Crippen molar-refractivity contribution in [3.05, 3.63) is 0 Å². The number of nitrogens with one attached hydrogen (secondary N) is 1. The predicted molar refractivity (Wildman–Crippen MR) is 91.3 cm³/mol. The summed E-state index contributed by atoms with van der Waals surface area (Å²) >= 11 is 0. The van der Waals surface area contributed by atoms with E-state index in [1.807, 2.05) is 0 Å². The third-order valence-corrected chi connectivity index (χ3v) is 4.66. The highest BCUT2D eigenvalue weighted by Gasteiger charge is 2.19. The summed E-state index contributed by atoms with van der Waals surface area (Å²) in [5.41, 5.74) is 5.98. The molecule has 0 radical (unpaired) electrons. The molecule has 0 amide bonds. The van der Waals surface area contributed by atoms with E-state index in [1.54, 1.807) is 0 Å². The Hall–Kier alpha value is -0.850. The molecule has 6 heteroatoms. The maximum atomic E-state index is 5.98. The average Bonchev–Trinajstić information content (AvgIpc) is 3.07. The normalized spacial score (nSPS) is 22.9. The van der Waals surface area contributed by atoms with E-state index in [4.69, 9.17) is 10.5 Å². The number of nitrogens with two attached hydrogens (primary N) is 1. The summed E-state index contributed by atoms with van der Waals surface area (Å²) in [4.78, 5) is 9.53. The molecule has 0 aromatic carbocycles. The van der Waals surface area contributed by atoms with Crippen LogP contribution < -0.4 is 11.1 Å². The number of hydrogen-bond acceptors (Lipinski definition) is 4. The number of nitrogens with zero attached hydrogens (tertiary/aromatic N) is 3. The summed E-state index contributed by atoms with van der Waals surface area (Å²) < 4.78 is 5.35. The zero-order valence-electron chi connectivity index (χ0n) is 14.1. The number of ether oxygens (including phenoxy) is 1. The van der Waals surface area contributed by atoms with Crippen LogP contribution in [0.4, 0.5) is 0 Å². The first-order valence-corrected chi connectivity index (χ1v) is 8.87. The van der Waals surface area contributed by atoms with Crippen LogP contribution in [0.2, 0.25) is 0 Å². The van der Waals surface area contributed by atoms with E-state index >= 15 is 0 Å². The van der Waals surface area contributed by atoms with E-state index in [9.17, 15) is 0 Å². The first-order chi connectivity index (χ1) is 10.8. The first kappa shape index (κ1) is 17.5. The van der Waals surface area contributed by atoms with Crippen molar-refractivity contribution in [1.29, 1.82) is 0 Å². The highest BCUT2D eigenvalue weighted by Crippen LogP contribution is 2.14. The first-order valence-electron chi connectivity index (χ1n) is 8.87. The largest absolute Gasteiger partial charge is 0.379 e. The summed E-state index contributed by atoms with van der Waals surface area (Å²) in [6.45, 7) is 11.3. The lowest BCUT2D eigenvalue weighted by molar-refractivity contribution is 0.0376. The summed E-state index contributed by atoms with van der Waals surface area (Å²) in [6, 6.07) is 0.552. The van der Waals surface area contributed by atoms with Gasteiger partial charge in [0.15, 0.2) is 5.96 Å². The van der Waals surface area contributed by atoms with Gasteiger partial charge in [0.25, 0.3) is 0 Å². The third kappa shape index (κ3) is 6.10. The second-order valence-electron chi connectivity index (χ2n) is 6.27. The van der Waals surface area contributed by atoms with Gasteiger partial charge in [-0.05, 0) is 45.3 Å². The van der Waals surface area contributed by atoms with Crippen molar-refractivity contribution in [3.63, 3.8) is 0 Å². The van der Waals surface area contributed by atoms with Crippen molar-refractivity contribution in [3.8, 4) is 0 Å². The summed E-state index contributed by atoms with van der Waals surface area (Å²) in [5, 5.41) is 3.24. The predicted octanol–water partition coefficient (Wildman–Crippen LogP) is 0.487. The molecule has 2 saturated heterocycles. The van der Waals surface area contributed by atoms with Crippen LogP contribution in [-0.2, 0) is 4.74 Å². The SMILES string of the molecule is CCC(CN=C(N)NCCCN1CCOCC1)N1CCCC1. The Kier molecular flexibility index (Phi) is 7.98. The third-order valence-electron chi connectivity index (χ3n) is 4.66. The topological polar surface area (TPSA) is 66.1 Å². The molecule has 2 heterocycles. The molecule has 128 valence electrons. The number of guanidine groups is 1. The summed E-state index contributed by atoms with van der Waals surface area (Å²) in [6.07, 6.45) is 4.90. The van der Waals surface area contributed by atoms with Gasteiger partial charge < -0.3 is 15.8 Å². The quantitative estimate of drug-likeness (QED) is 0.388. The van der Waals surface area contributed by atoms with Gasteiger partial charge in [0.1, 0.15) is 0 Å². The Morgan fingerprint density at radius 2 is 1.95 bits per heavy atom. The Balaban J connectivity index is 1.57. The Morgan fingerprint density at radius 1 is 1.23 bits per heavy atom. The molecule has 1 unspecified atom stereocenters. The molecule has 6 nitrogen and oxygen atoms in total. The minimum absolute atomic E-state index is 0.552. The van der Waals surface area contributed by atoms with E-state index in [0.29, 0.717) is 12.0 Å². The number of morpholine rings is 1. The second kappa shape index (κ2) is 10.0. The zero-order chi connectivity index (χ0) is 15.6. The van der Waals surface area contributed by atoms with Gasteiger partial charge in [-0.1, -0.05) is 6.92 Å². The van der Waals surface area contributed by atoms with Gasteiger partial charge >= 0.3 is 0 Å². The van der Waals surface area contributed by atoms with Crippen LogP contribution in [0.5, 0.6) is 0 Å². The highest BCUT2D eigenvalue weighted by atomic mass is 16.5. The van der Waals surface area contributed by atoms with Gasteiger partial charge in [0.2, 0.25) is 0 Å². The van der Waals surface area contributed by atoms with Crippen molar-refractivity contribution in [2.24, 2.45) is 10.7 Å². The lowest BCUT2D eigenvalue weighted by Gasteiger charge is -2.26. The molecule has 22 heavy (non-hydrogen) atoms. The molecule has 3 N–H and O–H groups in total. The van der Waals surface area contributed by atoms with E-state index < -0.39 is 0 Å². The van der Waals surface area contributed by atoms with Gasteiger partial charge in [-0.25, -0.2) is 0 Å². The Labute approximate surface area is 135 Å². The molecule has 0 spiro atoms. The molecular weight excluding hydrogens is 278 g/mol. The molecular formula is C16H33N5O. The van der Waals surface area contributed by atoms with Crippen molar-refractivity contribution in [2.75, 3.05) is 59.0 Å². The standard InChI is InChI=1S/C16H33N5O/c1-2-15(21-8-3-4-9-21)14-19-16(17)18-6-5-7-20-10-12-22-13-11-20/h15H,2-14H2,1H3,(H3,17,18,19). The second-order valence-corrected chi connectivity index (χ2v) is 6.27. The van der Waals surface area contributed by atoms with E-state index in [-0.39, 0.29) is 0 Å². The fraction of sp³-hybridized carbons (Fsp3) is 0.938. The van der Waals surface area contributed by atoms with Crippen LogP contribution >= 0.6 is 0 Å². The van der Waals surface area contributed by atoms with Gasteiger partial charge in [0, 0.05) is 25.7 Å². The fourth-order valence-corrected chi connectivity index (χ4v) is 3.21. The van der Waals surface area contributed by atoms with Crippen LogP contribution in [0.3, 0.4) is 0 Å². The highest BCUT2D eigenvalue weighted by molar-refractivity contribution is 5.77. The molecule has 2 rings (SSSR count). The minimum atomic E-state index is 0.552. The zero-order valence-corrected chi connectivity index (χ0v) is 14.1. The van der Waals surface area contributed by atoms with E-state index in [2.05, 4.69) is 27.0 Å². The van der Waals surface area contributed by atoms with Crippen molar-refractivity contribution in [1.82, 2.24) is 15.1 Å².